The predicted octanol–water partition coefficient (Wildman–Crippen LogP) is -5.87. The second-order valence-corrected chi connectivity index (χ2v) is 21.3. The summed E-state index contributed by atoms with van der Waals surface area (Å²) in [5.74, 6) is -0.109. The minimum absolute atomic E-state index is 0.00563. The molecule has 0 unspecified atom stereocenters. The lowest BCUT2D eigenvalue weighted by molar-refractivity contribution is 0.590. The van der Waals surface area contributed by atoms with Crippen LogP contribution in [0.25, 0.3) is 94.4 Å². The fourth-order valence-electron chi connectivity index (χ4n) is 10.6. The van der Waals surface area contributed by atoms with Gasteiger partial charge in [0, 0.05) is 38.4 Å². The molecule has 0 atom stereocenters. The molecule has 0 saturated carbocycles. The van der Waals surface area contributed by atoms with Gasteiger partial charge in [0.15, 0.2) is 5.82 Å². The molecule has 6 nitrogen and oxygen atoms in total. The van der Waals surface area contributed by atoms with E-state index in [-0.39, 0.29) is 160 Å². The van der Waals surface area contributed by atoms with Crippen molar-refractivity contribution in [3.8, 4) is 29.0 Å². The third kappa shape index (κ3) is 7.19. The van der Waals surface area contributed by atoms with Gasteiger partial charge in [-0.2, -0.15) is 15.0 Å². The quantitative estimate of drug-likeness (QED) is 0.166. The molecule has 0 bridgehead atoms. The van der Waals surface area contributed by atoms with Crippen LogP contribution in [0.15, 0.2) is 60.7 Å². The van der Waals surface area contributed by atoms with Crippen molar-refractivity contribution in [1.29, 1.82) is 0 Å². The first kappa shape index (κ1) is 51.1. The van der Waals surface area contributed by atoms with E-state index in [1.54, 1.807) is 0 Å². The van der Waals surface area contributed by atoms with Crippen LogP contribution >= 0.6 is 0 Å². The minimum atomic E-state index is -0.150. The van der Waals surface area contributed by atoms with Crippen molar-refractivity contribution in [2.24, 2.45) is 0 Å². The molecular weight excluding hydrogens is 894 g/mol. The van der Waals surface area contributed by atoms with E-state index in [1.165, 1.54) is 20.3 Å². The molecular formula is C53H28B16N6. The van der Waals surface area contributed by atoms with Crippen molar-refractivity contribution in [2.75, 3.05) is 0 Å². The van der Waals surface area contributed by atoms with Crippen molar-refractivity contribution < 1.29 is 0 Å². The van der Waals surface area contributed by atoms with E-state index in [9.17, 15) is 0 Å². The zero-order valence-corrected chi connectivity index (χ0v) is 42.2. The molecule has 318 valence electrons. The lowest BCUT2D eigenvalue weighted by Gasteiger charge is -2.20. The van der Waals surface area contributed by atoms with Gasteiger partial charge in [0.1, 0.15) is 126 Å². The Morgan fingerprint density at radius 2 is 0.640 bits per heavy atom. The van der Waals surface area contributed by atoms with Crippen molar-refractivity contribution in [3.63, 3.8) is 0 Å². The summed E-state index contributed by atoms with van der Waals surface area (Å²) >= 11 is 0. The zero-order chi connectivity index (χ0) is 54.1. The summed E-state index contributed by atoms with van der Waals surface area (Å²) in [5.41, 5.74) is 5.70. The number of para-hydroxylation sites is 1. The maximum atomic E-state index is 6.98. The molecule has 11 aromatic rings. The monoisotopic (exact) mass is 924 g/mol. The highest BCUT2D eigenvalue weighted by Crippen LogP contribution is 2.40. The van der Waals surface area contributed by atoms with E-state index in [0.717, 1.165) is 21.8 Å². The maximum absolute atomic E-state index is 6.98. The van der Waals surface area contributed by atoms with Crippen LogP contribution in [-0.2, 0) is 10.8 Å². The summed E-state index contributed by atoms with van der Waals surface area (Å²) in [6.07, 6.45) is 0. The molecule has 0 saturated heterocycles. The van der Waals surface area contributed by atoms with Crippen LogP contribution in [0.5, 0.6) is 0 Å². The molecule has 0 aliphatic carbocycles. The Hall–Kier alpha value is -6.01. The van der Waals surface area contributed by atoms with E-state index in [0.29, 0.717) is 11.3 Å². The predicted molar refractivity (Wildman–Crippen MR) is 332 cm³/mol. The standard InChI is InChI=1S/C53H28B16N6/c1-52(2,3)17-11-13-23-20(15-17)21-16-18(53(4,5)6)12-14-24(21)73(23)22-10-8-7-9-19(22)49-70-50(74-45-25(29(54)33(58)37(62)41(45)66)26-30(55)34(59)38(63)42(67)46(26)74)72-51(71-49)75-47-27(31(56)35(60)39(64)43(47)68)28-32(57)36(61)40(65)44(69)48(28)75/h7-16H,1-6H3. The van der Waals surface area contributed by atoms with Crippen molar-refractivity contribution in [2.45, 2.75) is 52.4 Å². The van der Waals surface area contributed by atoms with Gasteiger partial charge in [0.05, 0.1) is 16.7 Å². The first-order chi connectivity index (χ1) is 35.2. The molecule has 75 heavy (non-hydrogen) atoms. The molecule has 4 heterocycles. The van der Waals surface area contributed by atoms with Crippen LogP contribution in [0.3, 0.4) is 0 Å². The average molecular weight is 922 g/mol. The SMILES string of the molecule is [B]c1c([B])c([B])c2c(c1[B])c1c([B])c([B])c([B])c([B])c1n2-c1nc(-c2ccccc2-n2c3ccc(C(C)(C)C)cc3c3cc(C(C)(C)C)ccc32)nc(-n2c3c([B])c([B])c([B])c([B])c3c3c([B])c([B])c([B])c([B])c32)n1. The number of benzene rings is 7. The Morgan fingerprint density at radius 3 is 0.960 bits per heavy atom. The highest BCUT2D eigenvalue weighted by atomic mass is 15.3. The highest BCUT2D eigenvalue weighted by molar-refractivity contribution is 6.73. The van der Waals surface area contributed by atoms with Gasteiger partial charge >= 0.3 is 0 Å². The van der Waals surface area contributed by atoms with E-state index in [4.69, 9.17) is 140 Å². The van der Waals surface area contributed by atoms with Crippen LogP contribution < -0.4 is 87.4 Å². The third-order valence-corrected chi connectivity index (χ3v) is 14.8. The Morgan fingerprint density at radius 1 is 0.333 bits per heavy atom. The van der Waals surface area contributed by atoms with Crippen LogP contribution in [0, 0.1) is 0 Å². The molecule has 22 heteroatoms. The zero-order valence-electron chi connectivity index (χ0n) is 42.2. The van der Waals surface area contributed by atoms with E-state index in [1.807, 2.05) is 24.3 Å². The van der Waals surface area contributed by atoms with Crippen LogP contribution in [0.4, 0.5) is 0 Å². The average Bonchev–Trinajstić information content (AvgIpc) is 4.06. The van der Waals surface area contributed by atoms with Gasteiger partial charge < -0.3 is 4.57 Å². The van der Waals surface area contributed by atoms with Crippen molar-refractivity contribution in [1.82, 2.24) is 28.7 Å². The number of hydrogen-bond acceptors (Lipinski definition) is 3. The highest BCUT2D eigenvalue weighted by Gasteiger charge is 2.30. The van der Waals surface area contributed by atoms with Crippen molar-refractivity contribution in [3.05, 3.63) is 71.8 Å². The third-order valence-electron chi connectivity index (χ3n) is 14.8. The largest absolute Gasteiger partial charge is 0.309 e. The molecule has 0 N–H and O–H groups in total. The fraction of sp³-hybridized carbons (Fsp3) is 0.151. The molecule has 0 aliphatic heterocycles. The second kappa shape index (κ2) is 17.3. The number of rotatable bonds is 4. The van der Waals surface area contributed by atoms with Gasteiger partial charge in [-0.05, 0) is 79.9 Å². The van der Waals surface area contributed by atoms with Gasteiger partial charge in [-0.25, -0.2) is 0 Å². The summed E-state index contributed by atoms with van der Waals surface area (Å²) in [5, 5.41) is 3.11. The van der Waals surface area contributed by atoms with Gasteiger partial charge in [-0.15, -0.1) is 43.7 Å². The molecule has 7 aromatic carbocycles. The van der Waals surface area contributed by atoms with Crippen LogP contribution in [-0.4, -0.2) is 154 Å². The number of fused-ring (bicyclic) bond motifs is 9. The lowest BCUT2D eigenvalue weighted by atomic mass is 9.63. The Labute approximate surface area is 457 Å². The summed E-state index contributed by atoms with van der Waals surface area (Å²) in [6.45, 7) is 13.2. The first-order valence-corrected chi connectivity index (χ1v) is 23.8. The van der Waals surface area contributed by atoms with E-state index < -0.39 is 0 Å². The van der Waals surface area contributed by atoms with Gasteiger partial charge in [-0.1, -0.05) is 110 Å². The van der Waals surface area contributed by atoms with Gasteiger partial charge in [0.2, 0.25) is 11.9 Å². The van der Waals surface area contributed by atoms with Gasteiger partial charge in [0.25, 0.3) is 0 Å². The van der Waals surface area contributed by atoms with Gasteiger partial charge in [-0.3, -0.25) is 9.13 Å². The summed E-state index contributed by atoms with van der Waals surface area (Å²) in [7, 11) is 108. The molecule has 32 radical (unpaired) electrons. The second-order valence-electron chi connectivity index (χ2n) is 21.3. The normalized spacial score (nSPS) is 12.5. The fourth-order valence-corrected chi connectivity index (χ4v) is 10.6. The summed E-state index contributed by atoms with van der Waals surface area (Å²) in [4.78, 5) is 15.8. The molecule has 0 aliphatic rings. The lowest BCUT2D eigenvalue weighted by Crippen LogP contribution is -2.49. The molecule has 11 rings (SSSR count). The van der Waals surface area contributed by atoms with E-state index in [2.05, 4.69) is 82.5 Å². The molecule has 4 aromatic heterocycles. The number of hydrogen-bond donors (Lipinski definition) is 0. The first-order valence-electron chi connectivity index (χ1n) is 23.8. The van der Waals surface area contributed by atoms with Crippen LogP contribution in [0.1, 0.15) is 52.7 Å². The topological polar surface area (TPSA) is 53.5 Å². The minimum Gasteiger partial charge on any atom is -0.309 e. The Bertz CT molecular complexity index is 4000. The summed E-state index contributed by atoms with van der Waals surface area (Å²) in [6, 6.07) is 20.8. The molecule has 0 fully saturated rings. The number of nitrogens with zero attached hydrogens (tertiary/aromatic N) is 6. The maximum Gasteiger partial charge on any atom is 0.240 e. The smallest absolute Gasteiger partial charge is 0.240 e. The molecule has 0 spiro atoms. The Kier molecular flexibility index (Phi) is 11.8. The Balaban J connectivity index is 1.36. The number of aromatic nitrogens is 6. The van der Waals surface area contributed by atoms with Crippen molar-refractivity contribution >= 4 is 278 Å². The van der Waals surface area contributed by atoms with E-state index >= 15 is 0 Å². The summed E-state index contributed by atoms with van der Waals surface area (Å²) < 4.78 is 5.27. The van der Waals surface area contributed by atoms with Crippen LogP contribution in [0.2, 0.25) is 0 Å². The molecule has 0 amide bonds.